The van der Waals surface area contributed by atoms with Crippen LogP contribution < -0.4 is 5.32 Å². The topological polar surface area (TPSA) is 66.0 Å². The Hall–Kier alpha value is -2.47. The number of imidazole rings is 1. The van der Waals surface area contributed by atoms with E-state index in [9.17, 15) is 13.2 Å². The van der Waals surface area contributed by atoms with Gasteiger partial charge in [-0.25, -0.2) is 9.98 Å². The Balaban J connectivity index is 2.52. The van der Waals surface area contributed by atoms with Crippen LogP contribution in [0.15, 0.2) is 41.9 Å². The molecule has 114 valence electrons. The Bertz CT molecular complexity index is 716. The first kappa shape index (κ1) is 15.9. The molecule has 0 fully saturated rings. The summed E-state index contributed by atoms with van der Waals surface area (Å²) in [7, 11) is 0. The van der Waals surface area contributed by atoms with Crippen LogP contribution in [0.4, 0.5) is 18.9 Å². The van der Waals surface area contributed by atoms with Gasteiger partial charge in [-0.05, 0) is 24.5 Å². The first-order chi connectivity index (χ1) is 10.5. The molecule has 5 nitrogen and oxygen atoms in total. The lowest BCUT2D eigenvalue weighted by Gasteiger charge is -2.14. The van der Waals surface area contributed by atoms with Crippen molar-refractivity contribution >= 4 is 22.6 Å². The Kier molecular flexibility index (Phi) is 4.72. The highest BCUT2D eigenvalue weighted by molar-refractivity contribution is 8.13. The number of thioether (sulfide) groups is 1. The first-order valence-electron chi connectivity index (χ1n) is 5.93. The van der Waals surface area contributed by atoms with Crippen molar-refractivity contribution in [3.63, 3.8) is 0 Å². The van der Waals surface area contributed by atoms with E-state index >= 15 is 0 Å². The lowest BCUT2D eigenvalue weighted by atomic mass is 10.1. The van der Waals surface area contributed by atoms with Crippen molar-refractivity contribution < 1.29 is 13.2 Å². The SMILES string of the molecule is CSC(=Nc1ccc(-n2ccnc2)c(C(F)(F)F)c1)NC#N. The van der Waals surface area contributed by atoms with E-state index in [0.29, 0.717) is 0 Å². The van der Waals surface area contributed by atoms with E-state index in [1.165, 1.54) is 35.4 Å². The lowest BCUT2D eigenvalue weighted by molar-refractivity contribution is -0.137. The smallest absolute Gasteiger partial charge is 0.306 e. The van der Waals surface area contributed by atoms with Crippen LogP contribution in [0.1, 0.15) is 5.56 Å². The number of nitrogens with zero attached hydrogens (tertiary/aromatic N) is 4. The van der Waals surface area contributed by atoms with Crippen LogP contribution >= 0.6 is 11.8 Å². The maximum absolute atomic E-state index is 13.2. The summed E-state index contributed by atoms with van der Waals surface area (Å²) in [6, 6.07) is 3.69. The van der Waals surface area contributed by atoms with E-state index in [1.807, 2.05) is 0 Å². The molecule has 1 aromatic heterocycles. The largest absolute Gasteiger partial charge is 0.418 e. The second-order valence-electron chi connectivity index (χ2n) is 4.03. The average molecular weight is 325 g/mol. The fraction of sp³-hybridized carbons (Fsp3) is 0.154. The molecule has 0 bridgehead atoms. The Morgan fingerprint density at radius 2 is 2.23 bits per heavy atom. The van der Waals surface area contributed by atoms with E-state index in [1.54, 1.807) is 12.4 Å². The van der Waals surface area contributed by atoms with Gasteiger partial charge in [-0.1, -0.05) is 11.8 Å². The van der Waals surface area contributed by atoms with Crippen LogP contribution in [-0.4, -0.2) is 21.0 Å². The summed E-state index contributed by atoms with van der Waals surface area (Å²) >= 11 is 1.12. The number of aliphatic imine (C=N–C) groups is 1. The van der Waals surface area contributed by atoms with Crippen LogP contribution in [0.25, 0.3) is 5.69 Å². The molecular formula is C13H10F3N5S. The minimum atomic E-state index is -4.53. The second-order valence-corrected chi connectivity index (χ2v) is 4.82. The number of aromatic nitrogens is 2. The summed E-state index contributed by atoms with van der Waals surface area (Å²) in [6.07, 6.45) is 2.92. The van der Waals surface area contributed by atoms with E-state index in [-0.39, 0.29) is 16.5 Å². The van der Waals surface area contributed by atoms with Gasteiger partial charge >= 0.3 is 6.18 Å². The summed E-state index contributed by atoms with van der Waals surface area (Å²) in [5.74, 6) is 0. The predicted octanol–water partition coefficient (Wildman–Crippen LogP) is 3.31. The van der Waals surface area contributed by atoms with Crippen molar-refractivity contribution in [2.75, 3.05) is 6.26 Å². The second kappa shape index (κ2) is 6.53. The molecule has 0 aliphatic heterocycles. The van der Waals surface area contributed by atoms with E-state index in [4.69, 9.17) is 5.26 Å². The van der Waals surface area contributed by atoms with Crippen LogP contribution in [0.3, 0.4) is 0 Å². The number of alkyl halides is 3. The number of rotatable bonds is 2. The third kappa shape index (κ3) is 3.59. The van der Waals surface area contributed by atoms with Gasteiger partial charge in [-0.2, -0.15) is 18.4 Å². The fourth-order valence-corrected chi connectivity index (χ4v) is 2.08. The van der Waals surface area contributed by atoms with Gasteiger partial charge in [0.05, 0.1) is 23.3 Å². The van der Waals surface area contributed by atoms with Gasteiger partial charge in [0.25, 0.3) is 0 Å². The van der Waals surface area contributed by atoms with Gasteiger partial charge in [0.2, 0.25) is 0 Å². The summed E-state index contributed by atoms with van der Waals surface area (Å²) in [5, 5.41) is 11.1. The number of amidine groups is 1. The summed E-state index contributed by atoms with van der Waals surface area (Å²) in [4.78, 5) is 7.73. The normalized spacial score (nSPS) is 12.0. The van der Waals surface area contributed by atoms with Crippen LogP contribution in [0, 0.1) is 11.5 Å². The fourth-order valence-electron chi connectivity index (χ4n) is 1.74. The molecule has 0 amide bonds. The van der Waals surface area contributed by atoms with Gasteiger partial charge in [0, 0.05) is 12.4 Å². The molecule has 2 rings (SSSR count). The molecule has 1 heterocycles. The quantitative estimate of drug-likeness (QED) is 0.398. The van der Waals surface area contributed by atoms with Gasteiger partial charge in [-0.15, -0.1) is 0 Å². The lowest BCUT2D eigenvalue weighted by Crippen LogP contribution is -2.13. The molecule has 0 saturated heterocycles. The van der Waals surface area contributed by atoms with Crippen molar-refractivity contribution in [1.82, 2.24) is 14.9 Å². The minimum Gasteiger partial charge on any atom is -0.306 e. The van der Waals surface area contributed by atoms with Crippen LogP contribution in [0.5, 0.6) is 0 Å². The highest BCUT2D eigenvalue weighted by Crippen LogP contribution is 2.36. The minimum absolute atomic E-state index is 0.0390. The summed E-state index contributed by atoms with van der Waals surface area (Å²) in [6.45, 7) is 0. The summed E-state index contributed by atoms with van der Waals surface area (Å²) in [5.41, 5.74) is -0.768. The van der Waals surface area contributed by atoms with E-state index in [2.05, 4.69) is 15.3 Å². The summed E-state index contributed by atoms with van der Waals surface area (Å²) < 4.78 is 41.0. The van der Waals surface area contributed by atoms with E-state index < -0.39 is 11.7 Å². The highest BCUT2D eigenvalue weighted by atomic mass is 32.2. The standard InChI is InChI=1S/C13H10F3N5S/c1-22-12(19-7-17)20-9-2-3-11(21-5-4-18-8-21)10(6-9)13(14,15)16/h2-6,8H,1H3,(H,19,20). The van der Waals surface area contributed by atoms with Gasteiger partial charge < -0.3 is 4.57 Å². The number of nitriles is 1. The molecule has 0 aliphatic rings. The molecule has 1 N–H and O–H groups in total. The predicted molar refractivity (Wildman–Crippen MR) is 77.9 cm³/mol. The Morgan fingerprint density at radius 3 is 2.77 bits per heavy atom. The Labute approximate surface area is 128 Å². The average Bonchev–Trinajstić information content (AvgIpc) is 3.00. The van der Waals surface area contributed by atoms with E-state index in [0.717, 1.165) is 17.8 Å². The molecule has 22 heavy (non-hydrogen) atoms. The number of nitrogens with one attached hydrogen (secondary N) is 1. The number of benzene rings is 1. The van der Waals surface area contributed by atoms with Gasteiger partial charge in [0.15, 0.2) is 11.4 Å². The molecule has 0 spiro atoms. The molecule has 1 aromatic carbocycles. The highest BCUT2D eigenvalue weighted by Gasteiger charge is 2.34. The number of hydrogen-bond acceptors (Lipinski definition) is 4. The third-order valence-electron chi connectivity index (χ3n) is 2.65. The zero-order valence-corrected chi connectivity index (χ0v) is 12.1. The Morgan fingerprint density at radius 1 is 1.45 bits per heavy atom. The zero-order valence-electron chi connectivity index (χ0n) is 11.3. The van der Waals surface area contributed by atoms with Crippen molar-refractivity contribution in [2.45, 2.75) is 6.18 Å². The van der Waals surface area contributed by atoms with Crippen LogP contribution in [-0.2, 0) is 6.18 Å². The van der Waals surface area contributed by atoms with Gasteiger partial charge in [0.1, 0.15) is 0 Å². The maximum Gasteiger partial charge on any atom is 0.418 e. The molecule has 0 radical (unpaired) electrons. The van der Waals surface area contributed by atoms with Crippen molar-refractivity contribution in [3.8, 4) is 11.9 Å². The van der Waals surface area contributed by atoms with Crippen molar-refractivity contribution in [2.24, 2.45) is 4.99 Å². The molecule has 0 aliphatic carbocycles. The molecule has 9 heteroatoms. The first-order valence-corrected chi connectivity index (χ1v) is 7.15. The van der Waals surface area contributed by atoms with Crippen molar-refractivity contribution in [1.29, 1.82) is 5.26 Å². The molecule has 0 saturated carbocycles. The monoisotopic (exact) mass is 325 g/mol. The maximum atomic E-state index is 13.2. The van der Waals surface area contributed by atoms with Crippen LogP contribution in [0.2, 0.25) is 0 Å². The van der Waals surface area contributed by atoms with Gasteiger partial charge in [-0.3, -0.25) is 5.32 Å². The molecule has 0 atom stereocenters. The third-order valence-corrected chi connectivity index (χ3v) is 3.23. The molecular weight excluding hydrogens is 315 g/mol. The number of halogens is 3. The molecule has 2 aromatic rings. The zero-order chi connectivity index (χ0) is 16.2. The van der Waals surface area contributed by atoms with Crippen molar-refractivity contribution in [3.05, 3.63) is 42.5 Å². The number of hydrogen-bond donors (Lipinski definition) is 1. The molecule has 0 unspecified atom stereocenters.